The fourth-order valence-corrected chi connectivity index (χ4v) is 6.94. The molecule has 1 saturated heterocycles. The summed E-state index contributed by atoms with van der Waals surface area (Å²) in [6.07, 6.45) is 10.6. The van der Waals surface area contributed by atoms with Gasteiger partial charge in [-0.1, -0.05) is 59.6 Å². The number of hydrogen-bond donors (Lipinski definition) is 0. The lowest BCUT2D eigenvalue weighted by molar-refractivity contribution is 0.0855. The summed E-state index contributed by atoms with van der Waals surface area (Å²) in [7, 11) is -3.66. The predicted octanol–water partition coefficient (Wildman–Crippen LogP) is 6.39. The second-order valence-corrected chi connectivity index (χ2v) is 11.8. The van der Waals surface area contributed by atoms with Crippen LogP contribution in [0.1, 0.15) is 41.6 Å². The topological polar surface area (TPSA) is 76.1 Å². The minimum atomic E-state index is -3.66. The summed E-state index contributed by atoms with van der Waals surface area (Å²) >= 11 is 12.9. The average molecular weight is 573 g/mol. The van der Waals surface area contributed by atoms with Crippen LogP contribution in [0.25, 0.3) is 0 Å². The summed E-state index contributed by atoms with van der Waals surface area (Å²) in [5, 5.41) is 0.412. The lowest BCUT2D eigenvalue weighted by Gasteiger charge is -2.25. The molecule has 2 heterocycles. The van der Waals surface area contributed by atoms with Crippen LogP contribution in [0.5, 0.6) is 5.75 Å². The van der Waals surface area contributed by atoms with E-state index in [0.29, 0.717) is 43.0 Å². The highest BCUT2D eigenvalue weighted by Gasteiger charge is 2.33. The molecular weight excluding hydrogens is 547 g/mol. The molecule has 1 aliphatic carbocycles. The van der Waals surface area contributed by atoms with Gasteiger partial charge in [0.05, 0.1) is 21.2 Å². The molecule has 1 fully saturated rings. The van der Waals surface area contributed by atoms with Crippen LogP contribution >= 0.6 is 23.2 Å². The zero-order chi connectivity index (χ0) is 26.7. The Balaban J connectivity index is 1.39. The smallest absolute Gasteiger partial charge is 0.262 e. The highest BCUT2D eigenvalue weighted by Crippen LogP contribution is 2.37. The predicted molar refractivity (Wildman–Crippen MR) is 147 cm³/mol. The molecule has 2 aromatic rings. The van der Waals surface area contributed by atoms with Crippen molar-refractivity contribution in [1.29, 1.82) is 0 Å². The quantitative estimate of drug-likeness (QED) is 0.384. The van der Waals surface area contributed by atoms with Crippen LogP contribution in [0, 0.1) is 0 Å². The van der Waals surface area contributed by atoms with Crippen molar-refractivity contribution in [2.75, 3.05) is 13.1 Å². The van der Waals surface area contributed by atoms with E-state index in [1.807, 2.05) is 36.4 Å². The van der Waals surface area contributed by atoms with Gasteiger partial charge in [0.25, 0.3) is 5.91 Å². The van der Waals surface area contributed by atoms with E-state index in [-0.39, 0.29) is 27.1 Å². The number of ether oxygens (including phenoxy) is 2. The molecule has 1 amide bonds. The van der Waals surface area contributed by atoms with Crippen molar-refractivity contribution in [3.63, 3.8) is 0 Å². The number of halogens is 2. The van der Waals surface area contributed by atoms with Gasteiger partial charge in [-0.15, -0.1) is 0 Å². The van der Waals surface area contributed by atoms with Gasteiger partial charge in [0.15, 0.2) is 5.75 Å². The number of benzene rings is 2. The van der Waals surface area contributed by atoms with Gasteiger partial charge in [-0.2, -0.15) is 4.31 Å². The third-order valence-corrected chi connectivity index (χ3v) is 9.03. The molecule has 0 N–H and O–H groups in total. The molecule has 0 spiro atoms. The molecule has 2 aromatic carbocycles. The molecular formula is C28H26Cl2N2O5S. The van der Waals surface area contributed by atoms with Crippen LogP contribution in [0.3, 0.4) is 0 Å². The Bertz CT molecular complexity index is 1440. The molecule has 0 atom stereocenters. The summed E-state index contributed by atoms with van der Waals surface area (Å²) in [6, 6.07) is 12.6. The lowest BCUT2D eigenvalue weighted by Crippen LogP contribution is -2.30. The Labute approximate surface area is 232 Å². The maximum absolute atomic E-state index is 13.4. The second kappa shape index (κ2) is 11.4. The molecule has 198 valence electrons. The number of rotatable bonds is 7. The first-order valence-electron chi connectivity index (χ1n) is 12.3. The van der Waals surface area contributed by atoms with Gasteiger partial charge in [0.2, 0.25) is 10.0 Å². The summed E-state index contributed by atoms with van der Waals surface area (Å²) in [5.41, 5.74) is 1.74. The van der Waals surface area contributed by atoms with Crippen LogP contribution in [0.15, 0.2) is 89.5 Å². The lowest BCUT2D eigenvalue weighted by atomic mass is 10.0. The number of nitrogens with zero attached hydrogens (tertiary/aromatic N) is 2. The largest absolute Gasteiger partial charge is 0.486 e. The van der Waals surface area contributed by atoms with E-state index < -0.39 is 15.9 Å². The van der Waals surface area contributed by atoms with Gasteiger partial charge in [0, 0.05) is 30.4 Å². The monoisotopic (exact) mass is 572 g/mol. The van der Waals surface area contributed by atoms with Gasteiger partial charge in [-0.3, -0.25) is 9.69 Å². The van der Waals surface area contributed by atoms with Crippen LogP contribution in [-0.2, 0) is 21.4 Å². The van der Waals surface area contributed by atoms with Crippen molar-refractivity contribution in [3.8, 4) is 5.75 Å². The minimum absolute atomic E-state index is 0.206. The molecule has 0 saturated carbocycles. The zero-order valence-corrected chi connectivity index (χ0v) is 22.8. The van der Waals surface area contributed by atoms with Gasteiger partial charge in [-0.25, -0.2) is 8.42 Å². The van der Waals surface area contributed by atoms with Crippen LogP contribution in [0.4, 0.5) is 0 Å². The van der Waals surface area contributed by atoms with Crippen molar-refractivity contribution in [3.05, 3.63) is 111 Å². The van der Waals surface area contributed by atoms with Crippen molar-refractivity contribution >= 4 is 39.1 Å². The number of carbonyl (C=O) groups is 1. The molecule has 38 heavy (non-hydrogen) atoms. The number of allylic oxidation sites excluding steroid dienone is 3. The van der Waals surface area contributed by atoms with E-state index >= 15 is 0 Å². The molecule has 0 aromatic heterocycles. The maximum atomic E-state index is 13.4. The fraction of sp³-hybridized carbons (Fsp3) is 0.250. The summed E-state index contributed by atoms with van der Waals surface area (Å²) in [6.45, 7) is 1.28. The van der Waals surface area contributed by atoms with Gasteiger partial charge >= 0.3 is 0 Å². The standard InChI is InChI=1S/C28H26Cl2N2O5S/c29-23-16-21(17-24(30)27(23)37-19-20-8-2-1-3-9-20)28(33)31-14-15-36-25(18-31)22-10-4-5-11-26(22)38(34,35)32-12-6-7-13-32/h1-3,5,8-9,11,14-18H,4,6-7,10,12-13,19H2. The number of hydrogen-bond acceptors (Lipinski definition) is 5. The Morgan fingerprint density at radius 2 is 1.76 bits per heavy atom. The Morgan fingerprint density at radius 3 is 2.47 bits per heavy atom. The number of amides is 1. The Morgan fingerprint density at radius 1 is 1.05 bits per heavy atom. The van der Waals surface area contributed by atoms with Crippen LogP contribution < -0.4 is 4.74 Å². The molecule has 0 unspecified atom stereocenters. The minimum Gasteiger partial charge on any atom is -0.486 e. The van der Waals surface area contributed by atoms with Gasteiger partial charge in [-0.05, 0) is 49.5 Å². The highest BCUT2D eigenvalue weighted by molar-refractivity contribution is 7.93. The van der Waals surface area contributed by atoms with Crippen LogP contribution in [0.2, 0.25) is 10.0 Å². The molecule has 0 radical (unpaired) electrons. The van der Waals surface area contributed by atoms with E-state index in [2.05, 4.69) is 0 Å². The van der Waals surface area contributed by atoms with Crippen LogP contribution in [-0.4, -0.2) is 36.6 Å². The van der Waals surface area contributed by atoms with E-state index in [0.717, 1.165) is 18.4 Å². The van der Waals surface area contributed by atoms with Gasteiger partial charge in [0.1, 0.15) is 18.6 Å². The fourth-order valence-electron chi connectivity index (χ4n) is 4.54. The zero-order valence-electron chi connectivity index (χ0n) is 20.5. The van der Waals surface area contributed by atoms with E-state index in [1.54, 1.807) is 6.08 Å². The number of sulfonamides is 1. The Kier molecular flexibility index (Phi) is 7.95. The molecule has 10 heteroatoms. The summed E-state index contributed by atoms with van der Waals surface area (Å²) in [4.78, 5) is 14.9. The van der Waals surface area contributed by atoms with Crippen molar-refractivity contribution < 1.29 is 22.7 Å². The second-order valence-electron chi connectivity index (χ2n) is 9.05. The van der Waals surface area contributed by atoms with E-state index in [4.69, 9.17) is 32.7 Å². The maximum Gasteiger partial charge on any atom is 0.262 e. The van der Waals surface area contributed by atoms with E-state index in [1.165, 1.54) is 40.0 Å². The van der Waals surface area contributed by atoms with Crippen molar-refractivity contribution in [2.24, 2.45) is 0 Å². The van der Waals surface area contributed by atoms with Crippen molar-refractivity contribution in [2.45, 2.75) is 32.3 Å². The highest BCUT2D eigenvalue weighted by atomic mass is 35.5. The normalized spacial score (nSPS) is 17.9. The summed E-state index contributed by atoms with van der Waals surface area (Å²) < 4.78 is 39.7. The summed E-state index contributed by atoms with van der Waals surface area (Å²) in [5.74, 6) is 0.192. The molecule has 3 aliphatic rings. The molecule has 7 nitrogen and oxygen atoms in total. The van der Waals surface area contributed by atoms with Crippen molar-refractivity contribution in [1.82, 2.24) is 9.21 Å². The average Bonchev–Trinajstić information content (AvgIpc) is 3.49. The molecule has 5 rings (SSSR count). The first-order valence-corrected chi connectivity index (χ1v) is 14.5. The van der Waals surface area contributed by atoms with Gasteiger partial charge < -0.3 is 9.47 Å². The Hall–Kier alpha value is -3.04. The molecule has 2 aliphatic heterocycles. The molecule has 0 bridgehead atoms. The number of carbonyl (C=O) groups excluding carboxylic acids is 1. The van der Waals surface area contributed by atoms with E-state index in [9.17, 15) is 13.2 Å². The SMILES string of the molecule is O=C(c1cc(Cl)c(OCc2ccccc2)c(Cl)c1)N1C=COC(C2=C(S(=O)(=O)N3CCCC3)C=CCC2)=C1. The third-order valence-electron chi connectivity index (χ3n) is 6.49. The third kappa shape index (κ3) is 5.54. The first-order chi connectivity index (χ1) is 18.3. The first kappa shape index (κ1) is 26.6.